The van der Waals surface area contributed by atoms with E-state index in [0.29, 0.717) is 11.0 Å². The smallest absolute Gasteiger partial charge is 0.240 e. The predicted molar refractivity (Wildman–Crippen MR) is 116 cm³/mol. The van der Waals surface area contributed by atoms with Crippen molar-refractivity contribution in [2.24, 2.45) is 15.2 Å². The summed E-state index contributed by atoms with van der Waals surface area (Å²) in [6.45, 7) is 0. The molecule has 138 valence electrons. The summed E-state index contributed by atoms with van der Waals surface area (Å²) in [7, 11) is 1.83. The summed E-state index contributed by atoms with van der Waals surface area (Å²) >= 11 is 6.25. The lowest BCUT2D eigenvalue weighted by Crippen LogP contribution is -2.32. The second-order valence-corrected chi connectivity index (χ2v) is 6.65. The first-order chi connectivity index (χ1) is 13.7. The van der Waals surface area contributed by atoms with Crippen LogP contribution in [-0.2, 0) is 0 Å². The van der Waals surface area contributed by atoms with Crippen molar-refractivity contribution >= 4 is 35.2 Å². The number of nitrogens with zero attached hydrogens (tertiary/aromatic N) is 4. The van der Waals surface area contributed by atoms with Crippen LogP contribution in [0.15, 0.2) is 94.1 Å². The molecule has 0 saturated heterocycles. The van der Waals surface area contributed by atoms with Crippen molar-refractivity contribution in [3.8, 4) is 0 Å². The first-order valence-corrected chi connectivity index (χ1v) is 9.19. The molecule has 1 aliphatic rings. The third-order valence-corrected chi connectivity index (χ3v) is 4.46. The lowest BCUT2D eigenvalue weighted by Gasteiger charge is -2.14. The number of hydrogen-bond donors (Lipinski definition) is 1. The number of nitrogens with one attached hydrogen (secondary N) is 1. The molecule has 0 amide bonds. The van der Waals surface area contributed by atoms with E-state index in [2.05, 4.69) is 10.5 Å². The van der Waals surface area contributed by atoms with E-state index in [4.69, 9.17) is 21.7 Å². The van der Waals surface area contributed by atoms with Gasteiger partial charge in [-0.2, -0.15) is 10.2 Å². The van der Waals surface area contributed by atoms with E-state index in [0.717, 1.165) is 28.1 Å². The molecule has 1 heterocycles. The highest BCUT2D eigenvalue weighted by Crippen LogP contribution is 2.28. The van der Waals surface area contributed by atoms with Crippen LogP contribution in [-0.4, -0.2) is 29.9 Å². The van der Waals surface area contributed by atoms with Crippen LogP contribution in [0.25, 0.3) is 0 Å². The van der Waals surface area contributed by atoms with E-state index >= 15 is 0 Å². The molecule has 0 spiro atoms. The second-order valence-electron chi connectivity index (χ2n) is 6.22. The van der Waals surface area contributed by atoms with E-state index in [9.17, 15) is 0 Å². The lowest BCUT2D eigenvalue weighted by molar-refractivity contribution is 0.522. The molecule has 3 aromatic carbocycles. The molecule has 3 aromatic rings. The van der Waals surface area contributed by atoms with Crippen LogP contribution in [0.1, 0.15) is 16.7 Å². The molecule has 0 fully saturated rings. The van der Waals surface area contributed by atoms with Crippen molar-refractivity contribution in [2.75, 3.05) is 7.05 Å². The standard InChI is InChI=1S/C22H18ClN5/c1-28-22(26-24-15-16-8-4-2-5-9-16)25-20-13-12-18(23)14-19(20)21(27-28)17-10-6-3-7-11-17/h2-15H,1H3,(H,25,26)/b24-15+. The number of benzene rings is 3. The van der Waals surface area contributed by atoms with Crippen molar-refractivity contribution in [1.29, 1.82) is 0 Å². The van der Waals surface area contributed by atoms with Gasteiger partial charge in [-0.05, 0) is 23.8 Å². The molecule has 4 rings (SSSR count). The van der Waals surface area contributed by atoms with Gasteiger partial charge in [0.2, 0.25) is 5.96 Å². The van der Waals surface area contributed by atoms with Gasteiger partial charge in [-0.3, -0.25) is 0 Å². The first-order valence-electron chi connectivity index (χ1n) is 8.81. The lowest BCUT2D eigenvalue weighted by atomic mass is 10.0. The summed E-state index contributed by atoms with van der Waals surface area (Å²) in [6.07, 6.45) is 1.74. The number of halogens is 1. The number of fused-ring (bicyclic) bond motifs is 1. The zero-order valence-corrected chi connectivity index (χ0v) is 16.0. The van der Waals surface area contributed by atoms with Gasteiger partial charge in [-0.25, -0.2) is 15.4 Å². The highest BCUT2D eigenvalue weighted by molar-refractivity contribution is 6.31. The van der Waals surface area contributed by atoms with Gasteiger partial charge in [-0.15, -0.1) is 0 Å². The molecule has 0 saturated carbocycles. The van der Waals surface area contributed by atoms with Crippen LogP contribution >= 0.6 is 11.6 Å². The van der Waals surface area contributed by atoms with E-state index in [1.807, 2.05) is 85.9 Å². The second kappa shape index (κ2) is 8.06. The van der Waals surface area contributed by atoms with Crippen LogP contribution < -0.4 is 5.43 Å². The third-order valence-electron chi connectivity index (χ3n) is 4.22. The predicted octanol–water partition coefficient (Wildman–Crippen LogP) is 4.65. The summed E-state index contributed by atoms with van der Waals surface area (Å²) in [5.74, 6) is 0.515. The maximum atomic E-state index is 6.25. The minimum atomic E-state index is 0.515. The SMILES string of the molecule is CN1N=C(c2ccccc2)c2cc(Cl)ccc2N=C1N/N=C/c1ccccc1. The van der Waals surface area contributed by atoms with Crippen LogP contribution in [0.3, 0.4) is 0 Å². The molecular weight excluding hydrogens is 370 g/mol. The largest absolute Gasteiger partial charge is 0.245 e. The number of rotatable bonds is 3. The molecule has 0 bridgehead atoms. The van der Waals surface area contributed by atoms with Crippen molar-refractivity contribution in [3.05, 3.63) is 101 Å². The Morgan fingerprint density at radius 2 is 1.68 bits per heavy atom. The fourth-order valence-corrected chi connectivity index (χ4v) is 3.02. The topological polar surface area (TPSA) is 52.4 Å². The van der Waals surface area contributed by atoms with E-state index in [-0.39, 0.29) is 0 Å². The molecular formula is C22H18ClN5. The molecule has 5 nitrogen and oxygen atoms in total. The Labute approximate surface area is 168 Å². The van der Waals surface area contributed by atoms with Crippen LogP contribution in [0.2, 0.25) is 5.02 Å². The molecule has 1 aliphatic heterocycles. The number of aliphatic imine (C=N–C) groups is 1. The average Bonchev–Trinajstić information content (AvgIpc) is 2.86. The van der Waals surface area contributed by atoms with E-state index < -0.39 is 0 Å². The van der Waals surface area contributed by atoms with Crippen molar-refractivity contribution in [1.82, 2.24) is 10.4 Å². The summed E-state index contributed by atoms with van der Waals surface area (Å²) in [5, 5.41) is 11.4. The third kappa shape index (κ3) is 3.94. The highest BCUT2D eigenvalue weighted by Gasteiger charge is 2.19. The number of hydrogen-bond acceptors (Lipinski definition) is 5. The van der Waals surface area contributed by atoms with Gasteiger partial charge in [0.05, 0.1) is 11.9 Å². The van der Waals surface area contributed by atoms with E-state index in [1.165, 1.54) is 0 Å². The van der Waals surface area contributed by atoms with Gasteiger partial charge >= 0.3 is 0 Å². The summed E-state index contributed by atoms with van der Waals surface area (Å²) in [5.41, 5.74) is 7.41. The molecule has 0 aromatic heterocycles. The molecule has 0 aliphatic carbocycles. The van der Waals surface area contributed by atoms with Crippen molar-refractivity contribution < 1.29 is 0 Å². The van der Waals surface area contributed by atoms with Crippen LogP contribution in [0, 0.1) is 0 Å². The van der Waals surface area contributed by atoms with E-state index in [1.54, 1.807) is 11.2 Å². The zero-order valence-electron chi connectivity index (χ0n) is 15.2. The van der Waals surface area contributed by atoms with Crippen LogP contribution in [0.5, 0.6) is 0 Å². The average molecular weight is 388 g/mol. The van der Waals surface area contributed by atoms with Gasteiger partial charge in [0.15, 0.2) is 0 Å². The zero-order chi connectivity index (χ0) is 19.3. The number of guanidine groups is 1. The minimum absolute atomic E-state index is 0.515. The quantitative estimate of drug-likeness (QED) is 0.525. The summed E-state index contributed by atoms with van der Waals surface area (Å²) in [6, 6.07) is 25.4. The minimum Gasteiger partial charge on any atom is -0.245 e. The maximum Gasteiger partial charge on any atom is 0.240 e. The molecule has 6 heteroatoms. The van der Waals surface area contributed by atoms with Gasteiger partial charge in [0, 0.05) is 23.2 Å². The Balaban J connectivity index is 1.71. The normalized spacial score (nSPS) is 13.6. The van der Waals surface area contributed by atoms with Crippen molar-refractivity contribution in [2.45, 2.75) is 0 Å². The molecule has 1 N–H and O–H groups in total. The Kier molecular flexibility index (Phi) is 5.17. The summed E-state index contributed by atoms with van der Waals surface area (Å²) in [4.78, 5) is 4.71. The van der Waals surface area contributed by atoms with Gasteiger partial charge < -0.3 is 0 Å². The highest BCUT2D eigenvalue weighted by atomic mass is 35.5. The van der Waals surface area contributed by atoms with Crippen LogP contribution in [0.4, 0.5) is 5.69 Å². The fraction of sp³-hybridized carbons (Fsp3) is 0.0455. The Morgan fingerprint density at radius 3 is 2.43 bits per heavy atom. The molecule has 0 unspecified atom stereocenters. The van der Waals surface area contributed by atoms with Gasteiger partial charge in [-0.1, -0.05) is 72.3 Å². The van der Waals surface area contributed by atoms with Gasteiger partial charge in [0.1, 0.15) is 5.71 Å². The molecule has 0 radical (unpaired) electrons. The number of hydrazone groups is 2. The van der Waals surface area contributed by atoms with Crippen molar-refractivity contribution in [3.63, 3.8) is 0 Å². The maximum absolute atomic E-state index is 6.25. The Morgan fingerprint density at radius 1 is 0.964 bits per heavy atom. The fourth-order valence-electron chi connectivity index (χ4n) is 2.84. The molecule has 28 heavy (non-hydrogen) atoms. The Bertz CT molecular complexity index is 1060. The summed E-state index contributed by atoms with van der Waals surface area (Å²) < 4.78 is 0. The van der Waals surface area contributed by atoms with Gasteiger partial charge in [0.25, 0.3) is 0 Å². The first kappa shape index (κ1) is 17.9. The molecule has 0 atom stereocenters. The Hall–Kier alpha value is -3.44. The monoisotopic (exact) mass is 387 g/mol.